The summed E-state index contributed by atoms with van der Waals surface area (Å²) in [6, 6.07) is 10.2. The molecule has 2 aromatic carbocycles. The number of hydrogen-bond donors (Lipinski definition) is 1. The van der Waals surface area contributed by atoms with E-state index in [4.69, 9.17) is 32.7 Å². The lowest BCUT2D eigenvalue weighted by Crippen LogP contribution is -2.25. The summed E-state index contributed by atoms with van der Waals surface area (Å²) in [4.78, 5) is 0. The van der Waals surface area contributed by atoms with E-state index >= 15 is 0 Å². The molecule has 3 rings (SSSR count). The Kier molecular flexibility index (Phi) is 9.03. The molecule has 1 aliphatic rings. The summed E-state index contributed by atoms with van der Waals surface area (Å²) in [5.41, 5.74) is 2.11. The standard InChI is InChI=1S/C20H22BrCl2NO2.ClH/c1-25-19-10-14(11-24-15-4-2-3-5-15)8-16(21)20(19)26-12-13-6-7-17(22)18(23)9-13;/h6-10,15,24H,2-5,11-12H2,1H3;1H. The van der Waals surface area contributed by atoms with Crippen molar-refractivity contribution in [1.82, 2.24) is 5.32 Å². The number of hydrogen-bond acceptors (Lipinski definition) is 3. The van der Waals surface area contributed by atoms with Crippen LogP contribution in [0.25, 0.3) is 0 Å². The van der Waals surface area contributed by atoms with E-state index in [0.717, 1.165) is 16.6 Å². The summed E-state index contributed by atoms with van der Waals surface area (Å²) in [5.74, 6) is 1.39. The molecule has 1 saturated carbocycles. The van der Waals surface area contributed by atoms with Gasteiger partial charge in [0.05, 0.1) is 21.6 Å². The van der Waals surface area contributed by atoms with E-state index in [1.54, 1.807) is 13.2 Å². The van der Waals surface area contributed by atoms with Gasteiger partial charge in [-0.3, -0.25) is 0 Å². The summed E-state index contributed by atoms with van der Waals surface area (Å²) < 4.78 is 12.4. The summed E-state index contributed by atoms with van der Waals surface area (Å²) >= 11 is 15.6. The van der Waals surface area contributed by atoms with Crippen LogP contribution >= 0.6 is 51.5 Å². The minimum absolute atomic E-state index is 0. The van der Waals surface area contributed by atoms with Crippen molar-refractivity contribution in [2.24, 2.45) is 0 Å². The number of halogens is 4. The average Bonchev–Trinajstić information content (AvgIpc) is 3.15. The molecule has 2 aromatic rings. The monoisotopic (exact) mass is 493 g/mol. The van der Waals surface area contributed by atoms with E-state index in [9.17, 15) is 0 Å². The van der Waals surface area contributed by atoms with Crippen molar-refractivity contribution in [3.63, 3.8) is 0 Å². The van der Waals surface area contributed by atoms with E-state index in [1.165, 1.54) is 31.2 Å². The molecule has 3 nitrogen and oxygen atoms in total. The van der Waals surface area contributed by atoms with Crippen molar-refractivity contribution < 1.29 is 9.47 Å². The lowest BCUT2D eigenvalue weighted by Gasteiger charge is -2.16. The maximum absolute atomic E-state index is 6.07. The third-order valence-corrected chi connectivity index (χ3v) is 5.93. The fourth-order valence-electron chi connectivity index (χ4n) is 3.19. The molecule has 148 valence electrons. The molecule has 1 fully saturated rings. The van der Waals surface area contributed by atoms with Gasteiger partial charge in [0, 0.05) is 12.6 Å². The zero-order chi connectivity index (χ0) is 18.5. The van der Waals surface area contributed by atoms with Crippen molar-refractivity contribution in [3.05, 3.63) is 56.0 Å². The van der Waals surface area contributed by atoms with Crippen LogP contribution in [0.1, 0.15) is 36.8 Å². The first-order valence-electron chi connectivity index (χ1n) is 8.73. The first kappa shape index (κ1) is 22.6. The zero-order valence-electron chi connectivity index (χ0n) is 15.1. The summed E-state index contributed by atoms with van der Waals surface area (Å²) in [6.45, 7) is 1.21. The highest BCUT2D eigenvalue weighted by Gasteiger charge is 2.16. The Morgan fingerprint density at radius 2 is 1.81 bits per heavy atom. The summed E-state index contributed by atoms with van der Waals surface area (Å²) in [5, 5.41) is 4.68. The van der Waals surface area contributed by atoms with Gasteiger partial charge in [0.1, 0.15) is 6.61 Å². The van der Waals surface area contributed by atoms with Crippen LogP contribution in [0.5, 0.6) is 11.5 Å². The third-order valence-electron chi connectivity index (χ3n) is 4.61. The van der Waals surface area contributed by atoms with Crippen molar-refractivity contribution >= 4 is 51.5 Å². The van der Waals surface area contributed by atoms with Gasteiger partial charge in [0.15, 0.2) is 11.5 Å². The molecule has 0 unspecified atom stereocenters. The van der Waals surface area contributed by atoms with Gasteiger partial charge in [-0.25, -0.2) is 0 Å². The Labute approximate surface area is 185 Å². The van der Waals surface area contributed by atoms with Crippen LogP contribution in [0.2, 0.25) is 10.0 Å². The van der Waals surface area contributed by atoms with Crippen LogP contribution in [-0.2, 0) is 13.2 Å². The highest BCUT2D eigenvalue weighted by molar-refractivity contribution is 9.10. The number of ether oxygens (including phenoxy) is 2. The largest absolute Gasteiger partial charge is 0.493 e. The molecule has 0 heterocycles. The normalized spacial score (nSPS) is 14.1. The van der Waals surface area contributed by atoms with Gasteiger partial charge in [-0.05, 0) is 64.2 Å². The summed E-state index contributed by atoms with van der Waals surface area (Å²) in [6.07, 6.45) is 5.19. The van der Waals surface area contributed by atoms with E-state index in [1.807, 2.05) is 18.2 Å². The third kappa shape index (κ3) is 6.16. The number of rotatable bonds is 7. The smallest absolute Gasteiger partial charge is 0.175 e. The molecule has 0 atom stereocenters. The minimum Gasteiger partial charge on any atom is -0.493 e. The fourth-order valence-corrected chi connectivity index (χ4v) is 4.12. The molecule has 0 radical (unpaired) electrons. The van der Waals surface area contributed by atoms with Crippen LogP contribution < -0.4 is 14.8 Å². The first-order chi connectivity index (χ1) is 12.6. The Hall–Kier alpha value is -0.650. The van der Waals surface area contributed by atoms with Gasteiger partial charge in [-0.1, -0.05) is 42.1 Å². The molecule has 1 N–H and O–H groups in total. The Morgan fingerprint density at radius 3 is 2.48 bits per heavy atom. The lowest BCUT2D eigenvalue weighted by molar-refractivity contribution is 0.282. The maximum Gasteiger partial charge on any atom is 0.175 e. The second kappa shape index (κ2) is 10.8. The van der Waals surface area contributed by atoms with Gasteiger partial charge < -0.3 is 14.8 Å². The maximum atomic E-state index is 6.07. The molecular weight excluding hydrogens is 472 g/mol. The molecular formula is C20H23BrCl3NO2. The first-order valence-corrected chi connectivity index (χ1v) is 10.3. The van der Waals surface area contributed by atoms with E-state index in [-0.39, 0.29) is 12.4 Å². The van der Waals surface area contributed by atoms with E-state index < -0.39 is 0 Å². The van der Waals surface area contributed by atoms with Gasteiger partial charge in [-0.2, -0.15) is 0 Å². The van der Waals surface area contributed by atoms with Gasteiger partial charge in [0.2, 0.25) is 0 Å². The van der Waals surface area contributed by atoms with E-state index in [0.29, 0.717) is 34.2 Å². The van der Waals surface area contributed by atoms with Crippen LogP contribution in [0, 0.1) is 0 Å². The topological polar surface area (TPSA) is 30.5 Å². The molecule has 1 aliphatic carbocycles. The van der Waals surface area contributed by atoms with Crippen molar-refractivity contribution in [3.8, 4) is 11.5 Å². The highest BCUT2D eigenvalue weighted by Crippen LogP contribution is 2.37. The van der Waals surface area contributed by atoms with Crippen molar-refractivity contribution in [2.45, 2.75) is 44.9 Å². The molecule has 0 saturated heterocycles. The van der Waals surface area contributed by atoms with Crippen LogP contribution in [0.15, 0.2) is 34.8 Å². The molecule has 0 amide bonds. The highest BCUT2D eigenvalue weighted by atomic mass is 79.9. The predicted molar refractivity (Wildman–Crippen MR) is 118 cm³/mol. The molecule has 27 heavy (non-hydrogen) atoms. The molecule has 0 bridgehead atoms. The van der Waals surface area contributed by atoms with Crippen molar-refractivity contribution in [2.75, 3.05) is 7.11 Å². The average molecular weight is 496 g/mol. The molecule has 7 heteroatoms. The molecule has 0 aliphatic heterocycles. The van der Waals surface area contributed by atoms with E-state index in [2.05, 4.69) is 27.3 Å². The summed E-state index contributed by atoms with van der Waals surface area (Å²) in [7, 11) is 1.65. The van der Waals surface area contributed by atoms with Crippen LogP contribution in [-0.4, -0.2) is 13.2 Å². The quantitative estimate of drug-likeness (QED) is 0.458. The second-order valence-electron chi connectivity index (χ2n) is 6.51. The SMILES string of the molecule is COc1cc(CNC2CCCC2)cc(Br)c1OCc1ccc(Cl)c(Cl)c1.Cl. The number of methoxy groups -OCH3 is 1. The van der Waals surface area contributed by atoms with Crippen LogP contribution in [0.4, 0.5) is 0 Å². The minimum atomic E-state index is 0. The van der Waals surface area contributed by atoms with Crippen LogP contribution in [0.3, 0.4) is 0 Å². The molecule has 0 spiro atoms. The van der Waals surface area contributed by atoms with Gasteiger partial charge in [-0.15, -0.1) is 12.4 Å². The Morgan fingerprint density at radius 1 is 1.07 bits per heavy atom. The lowest BCUT2D eigenvalue weighted by atomic mass is 10.1. The van der Waals surface area contributed by atoms with Gasteiger partial charge in [0.25, 0.3) is 0 Å². The second-order valence-corrected chi connectivity index (χ2v) is 8.18. The number of nitrogens with one attached hydrogen (secondary N) is 1. The zero-order valence-corrected chi connectivity index (χ0v) is 19.0. The van der Waals surface area contributed by atoms with Crippen molar-refractivity contribution in [1.29, 1.82) is 0 Å². The number of benzene rings is 2. The Bertz CT molecular complexity index is 767. The predicted octanol–water partition coefficient (Wildman–Crippen LogP) is 6.80. The van der Waals surface area contributed by atoms with Gasteiger partial charge >= 0.3 is 0 Å². The molecule has 0 aromatic heterocycles. The fraction of sp³-hybridized carbons (Fsp3) is 0.400. The Balaban J connectivity index is 0.00000261.